The van der Waals surface area contributed by atoms with E-state index in [4.69, 9.17) is 0 Å². The van der Waals surface area contributed by atoms with E-state index in [2.05, 4.69) is 15.0 Å². The van der Waals surface area contributed by atoms with Crippen molar-refractivity contribution in [1.82, 2.24) is 19.5 Å². The van der Waals surface area contributed by atoms with E-state index in [1.165, 1.54) is 0 Å². The zero-order chi connectivity index (χ0) is 15.9. The van der Waals surface area contributed by atoms with Crippen LogP contribution in [-0.2, 0) is 4.79 Å². The van der Waals surface area contributed by atoms with Crippen LogP contribution in [0.2, 0.25) is 0 Å². The SMILES string of the molecule is CN(C)c1nc(N(C)C)c2ncn(C3CCCCC3=O)c2n1. The molecule has 1 fully saturated rings. The molecular formula is C15H22N6O. The summed E-state index contributed by atoms with van der Waals surface area (Å²) in [6, 6.07) is -0.140. The van der Waals surface area contributed by atoms with E-state index in [9.17, 15) is 4.79 Å². The van der Waals surface area contributed by atoms with Crippen LogP contribution in [0.25, 0.3) is 11.2 Å². The molecule has 0 amide bonds. The number of anilines is 2. The molecule has 0 radical (unpaired) electrons. The number of hydrogen-bond donors (Lipinski definition) is 0. The summed E-state index contributed by atoms with van der Waals surface area (Å²) < 4.78 is 1.93. The van der Waals surface area contributed by atoms with Crippen molar-refractivity contribution in [1.29, 1.82) is 0 Å². The summed E-state index contributed by atoms with van der Waals surface area (Å²) in [5, 5.41) is 0. The van der Waals surface area contributed by atoms with Gasteiger partial charge in [0, 0.05) is 34.6 Å². The highest BCUT2D eigenvalue weighted by molar-refractivity contribution is 5.88. The molecule has 22 heavy (non-hydrogen) atoms. The number of aromatic nitrogens is 4. The summed E-state index contributed by atoms with van der Waals surface area (Å²) in [6.45, 7) is 0. The van der Waals surface area contributed by atoms with Crippen molar-refractivity contribution in [2.24, 2.45) is 0 Å². The fourth-order valence-electron chi connectivity index (χ4n) is 2.89. The van der Waals surface area contributed by atoms with Gasteiger partial charge in [-0.2, -0.15) is 9.97 Å². The number of Topliss-reactive ketones (excluding diaryl/α,β-unsaturated/α-hetero) is 1. The second kappa shape index (κ2) is 5.55. The highest BCUT2D eigenvalue weighted by atomic mass is 16.1. The van der Waals surface area contributed by atoms with Crippen molar-refractivity contribution in [3.8, 4) is 0 Å². The number of ketones is 1. The number of rotatable bonds is 3. The fraction of sp³-hybridized carbons (Fsp3) is 0.600. The van der Waals surface area contributed by atoms with Gasteiger partial charge in [-0.05, 0) is 12.8 Å². The van der Waals surface area contributed by atoms with E-state index in [1.54, 1.807) is 6.33 Å². The van der Waals surface area contributed by atoms with Gasteiger partial charge in [-0.3, -0.25) is 4.79 Å². The van der Waals surface area contributed by atoms with E-state index in [0.29, 0.717) is 12.4 Å². The third kappa shape index (κ3) is 2.40. The monoisotopic (exact) mass is 302 g/mol. The molecule has 0 spiro atoms. The van der Waals surface area contributed by atoms with Gasteiger partial charge < -0.3 is 14.4 Å². The maximum Gasteiger partial charge on any atom is 0.228 e. The minimum atomic E-state index is -0.140. The average Bonchev–Trinajstić information content (AvgIpc) is 2.90. The molecule has 1 aliphatic rings. The quantitative estimate of drug-likeness (QED) is 0.858. The molecular weight excluding hydrogens is 280 g/mol. The zero-order valence-electron chi connectivity index (χ0n) is 13.6. The third-order valence-corrected chi connectivity index (χ3v) is 4.07. The van der Waals surface area contributed by atoms with E-state index < -0.39 is 0 Å². The summed E-state index contributed by atoms with van der Waals surface area (Å²) >= 11 is 0. The lowest BCUT2D eigenvalue weighted by molar-refractivity contribution is -0.123. The molecule has 1 saturated carbocycles. The Morgan fingerprint density at radius 1 is 1.14 bits per heavy atom. The van der Waals surface area contributed by atoms with Crippen LogP contribution in [0, 0.1) is 0 Å². The number of carbonyl (C=O) groups excluding carboxylic acids is 1. The van der Waals surface area contributed by atoms with Gasteiger partial charge in [0.1, 0.15) is 0 Å². The Balaban J connectivity index is 2.18. The number of fused-ring (bicyclic) bond motifs is 1. The molecule has 0 aliphatic heterocycles. The highest BCUT2D eigenvalue weighted by Crippen LogP contribution is 2.30. The Labute approximate surface area is 130 Å². The van der Waals surface area contributed by atoms with E-state index in [1.807, 2.05) is 42.6 Å². The molecule has 0 N–H and O–H groups in total. The summed E-state index contributed by atoms with van der Waals surface area (Å²) in [7, 11) is 7.69. The first kappa shape index (κ1) is 14.7. The Bertz CT molecular complexity index is 705. The Morgan fingerprint density at radius 2 is 1.91 bits per heavy atom. The Kier molecular flexibility index (Phi) is 3.72. The predicted molar refractivity (Wildman–Crippen MR) is 86.5 cm³/mol. The van der Waals surface area contributed by atoms with E-state index in [0.717, 1.165) is 36.2 Å². The molecule has 0 bridgehead atoms. The van der Waals surface area contributed by atoms with Crippen molar-refractivity contribution in [2.45, 2.75) is 31.7 Å². The van der Waals surface area contributed by atoms with Gasteiger partial charge in [-0.15, -0.1) is 0 Å². The second-order valence-electron chi connectivity index (χ2n) is 6.19. The van der Waals surface area contributed by atoms with Gasteiger partial charge in [0.05, 0.1) is 12.4 Å². The molecule has 118 valence electrons. The molecule has 7 heteroatoms. The van der Waals surface area contributed by atoms with Crippen molar-refractivity contribution < 1.29 is 4.79 Å². The normalized spacial score (nSPS) is 18.7. The van der Waals surface area contributed by atoms with E-state index >= 15 is 0 Å². The van der Waals surface area contributed by atoms with Crippen LogP contribution in [0.3, 0.4) is 0 Å². The minimum absolute atomic E-state index is 0.140. The van der Waals surface area contributed by atoms with Gasteiger partial charge in [0.25, 0.3) is 0 Å². The summed E-state index contributed by atoms with van der Waals surface area (Å²) in [5.41, 5.74) is 1.48. The van der Waals surface area contributed by atoms with E-state index in [-0.39, 0.29) is 11.8 Å². The van der Waals surface area contributed by atoms with Crippen LogP contribution in [0.15, 0.2) is 6.33 Å². The molecule has 7 nitrogen and oxygen atoms in total. The zero-order valence-corrected chi connectivity index (χ0v) is 13.6. The molecule has 2 aromatic heterocycles. The number of carbonyl (C=O) groups is 1. The Morgan fingerprint density at radius 3 is 2.55 bits per heavy atom. The van der Waals surface area contributed by atoms with Gasteiger partial charge in [-0.25, -0.2) is 4.98 Å². The molecule has 0 saturated heterocycles. The maximum absolute atomic E-state index is 12.3. The van der Waals surface area contributed by atoms with Crippen molar-refractivity contribution in [3.63, 3.8) is 0 Å². The lowest BCUT2D eigenvalue weighted by atomic mass is 9.94. The van der Waals surface area contributed by atoms with Gasteiger partial charge in [0.15, 0.2) is 22.8 Å². The summed E-state index contributed by atoms with van der Waals surface area (Å²) in [6.07, 6.45) is 5.31. The van der Waals surface area contributed by atoms with Gasteiger partial charge in [-0.1, -0.05) is 6.42 Å². The van der Waals surface area contributed by atoms with Crippen molar-refractivity contribution in [3.05, 3.63) is 6.33 Å². The fourth-order valence-corrected chi connectivity index (χ4v) is 2.89. The summed E-state index contributed by atoms with van der Waals surface area (Å²) in [5.74, 6) is 1.68. The summed E-state index contributed by atoms with van der Waals surface area (Å²) in [4.78, 5) is 29.7. The average molecular weight is 302 g/mol. The topological polar surface area (TPSA) is 67.2 Å². The van der Waals surface area contributed by atoms with Crippen LogP contribution in [0.4, 0.5) is 11.8 Å². The second-order valence-corrected chi connectivity index (χ2v) is 6.19. The van der Waals surface area contributed by atoms with Crippen molar-refractivity contribution in [2.75, 3.05) is 38.0 Å². The first-order valence-electron chi connectivity index (χ1n) is 7.61. The third-order valence-electron chi connectivity index (χ3n) is 4.07. The van der Waals surface area contributed by atoms with Crippen LogP contribution in [0.1, 0.15) is 31.7 Å². The van der Waals surface area contributed by atoms with Crippen LogP contribution < -0.4 is 9.80 Å². The highest BCUT2D eigenvalue weighted by Gasteiger charge is 2.27. The molecule has 2 aromatic rings. The predicted octanol–water partition coefficient (Wildman–Crippen LogP) is 1.64. The first-order valence-corrected chi connectivity index (χ1v) is 7.61. The standard InChI is InChI=1S/C15H22N6O/c1-19(2)13-12-14(18-15(17-13)20(3)4)21(9-16-12)10-7-5-6-8-11(10)22/h9-10H,5-8H2,1-4H3. The maximum atomic E-state index is 12.3. The van der Waals surface area contributed by atoms with Crippen LogP contribution >= 0.6 is 0 Å². The Hall–Kier alpha value is -2.18. The smallest absolute Gasteiger partial charge is 0.228 e. The minimum Gasteiger partial charge on any atom is -0.361 e. The molecule has 1 aliphatic carbocycles. The first-order chi connectivity index (χ1) is 10.5. The number of imidazole rings is 1. The lowest BCUT2D eigenvalue weighted by Gasteiger charge is -2.22. The molecule has 1 atom stereocenters. The van der Waals surface area contributed by atoms with Gasteiger partial charge in [0.2, 0.25) is 5.95 Å². The number of nitrogens with zero attached hydrogens (tertiary/aromatic N) is 6. The molecule has 1 unspecified atom stereocenters. The molecule has 0 aromatic carbocycles. The van der Waals surface area contributed by atoms with Crippen molar-refractivity contribution >= 4 is 28.7 Å². The van der Waals surface area contributed by atoms with Crippen LogP contribution in [0.5, 0.6) is 0 Å². The van der Waals surface area contributed by atoms with Crippen LogP contribution in [-0.4, -0.2) is 53.5 Å². The molecule has 2 heterocycles. The molecule has 3 rings (SSSR count). The lowest BCUT2D eigenvalue weighted by Crippen LogP contribution is -2.23. The largest absolute Gasteiger partial charge is 0.361 e. The number of hydrogen-bond acceptors (Lipinski definition) is 6. The van der Waals surface area contributed by atoms with Gasteiger partial charge >= 0.3 is 0 Å².